The van der Waals surface area contributed by atoms with Crippen molar-refractivity contribution in [3.05, 3.63) is 0 Å². The standard InChI is InChI=1S/C11H21N4O2/c1-3-9(16)13-11(14-10(17)4-2)15-7-5-12-6-8-15/h11H,3-8H2,1-2H3,(H,13,16)(H,14,17). The van der Waals surface area contributed by atoms with E-state index in [0.29, 0.717) is 12.8 Å². The van der Waals surface area contributed by atoms with Crippen molar-refractivity contribution in [2.24, 2.45) is 0 Å². The molecule has 0 unspecified atom stereocenters. The monoisotopic (exact) mass is 241 g/mol. The van der Waals surface area contributed by atoms with Crippen molar-refractivity contribution in [2.45, 2.75) is 33.0 Å². The number of carbonyl (C=O) groups excluding carboxylic acids is 2. The fourth-order valence-electron chi connectivity index (χ4n) is 1.61. The maximum Gasteiger partial charge on any atom is 0.222 e. The Morgan fingerprint density at radius 1 is 1.12 bits per heavy atom. The van der Waals surface area contributed by atoms with Gasteiger partial charge in [-0.25, -0.2) is 5.32 Å². The number of rotatable bonds is 5. The predicted molar refractivity (Wildman–Crippen MR) is 64.1 cm³/mol. The first-order chi connectivity index (χ1) is 8.17. The van der Waals surface area contributed by atoms with E-state index in [0.717, 1.165) is 26.2 Å². The van der Waals surface area contributed by atoms with Gasteiger partial charge in [-0.05, 0) is 0 Å². The molecule has 17 heavy (non-hydrogen) atoms. The van der Waals surface area contributed by atoms with Crippen LogP contribution in [0.25, 0.3) is 0 Å². The van der Waals surface area contributed by atoms with Crippen LogP contribution in [-0.4, -0.2) is 49.2 Å². The number of amides is 2. The van der Waals surface area contributed by atoms with E-state index in [-0.39, 0.29) is 11.8 Å². The fourth-order valence-corrected chi connectivity index (χ4v) is 1.61. The number of hydrogen-bond acceptors (Lipinski definition) is 3. The topological polar surface area (TPSA) is 75.5 Å². The molecule has 97 valence electrons. The van der Waals surface area contributed by atoms with E-state index in [2.05, 4.69) is 16.0 Å². The zero-order chi connectivity index (χ0) is 12.7. The number of piperazine rings is 1. The highest BCUT2D eigenvalue weighted by Gasteiger charge is 2.22. The summed E-state index contributed by atoms with van der Waals surface area (Å²) in [5.74, 6) is -0.122. The maximum atomic E-state index is 11.4. The molecular formula is C11H21N4O2. The van der Waals surface area contributed by atoms with Crippen LogP contribution in [0.5, 0.6) is 0 Å². The number of hydrogen-bond donors (Lipinski definition) is 2. The number of carbonyl (C=O) groups is 2. The molecule has 0 bridgehead atoms. The van der Waals surface area contributed by atoms with Crippen molar-refractivity contribution in [1.29, 1.82) is 0 Å². The van der Waals surface area contributed by atoms with Gasteiger partial charge in [0, 0.05) is 39.0 Å². The highest BCUT2D eigenvalue weighted by atomic mass is 16.2. The summed E-state index contributed by atoms with van der Waals surface area (Å²) in [6.45, 7) is 6.61. The molecule has 6 heteroatoms. The summed E-state index contributed by atoms with van der Waals surface area (Å²) in [6, 6.07) is 0. The Balaban J connectivity index is 2.56. The van der Waals surface area contributed by atoms with Gasteiger partial charge in [-0.1, -0.05) is 13.8 Å². The van der Waals surface area contributed by atoms with Crippen molar-refractivity contribution >= 4 is 11.8 Å². The van der Waals surface area contributed by atoms with Gasteiger partial charge in [0.15, 0.2) is 6.29 Å². The van der Waals surface area contributed by atoms with Crippen LogP contribution in [-0.2, 0) is 9.59 Å². The van der Waals surface area contributed by atoms with Crippen LogP contribution in [0.1, 0.15) is 26.7 Å². The molecule has 1 heterocycles. The molecule has 1 aliphatic rings. The van der Waals surface area contributed by atoms with Gasteiger partial charge in [-0.2, -0.15) is 0 Å². The molecule has 0 aromatic rings. The second kappa shape index (κ2) is 7.24. The van der Waals surface area contributed by atoms with E-state index in [1.54, 1.807) is 13.8 Å². The van der Waals surface area contributed by atoms with E-state index in [1.165, 1.54) is 0 Å². The lowest BCUT2D eigenvalue weighted by molar-refractivity contribution is -0.127. The molecule has 0 saturated carbocycles. The molecule has 1 fully saturated rings. The molecule has 0 aromatic carbocycles. The van der Waals surface area contributed by atoms with Crippen molar-refractivity contribution in [3.63, 3.8) is 0 Å². The van der Waals surface area contributed by atoms with Gasteiger partial charge < -0.3 is 10.6 Å². The first kappa shape index (κ1) is 13.9. The van der Waals surface area contributed by atoms with Crippen LogP contribution in [0, 0.1) is 0 Å². The molecule has 1 radical (unpaired) electrons. The quantitative estimate of drug-likeness (QED) is 0.621. The van der Waals surface area contributed by atoms with Gasteiger partial charge >= 0.3 is 0 Å². The summed E-state index contributed by atoms with van der Waals surface area (Å²) in [5.41, 5.74) is 0. The zero-order valence-electron chi connectivity index (χ0n) is 10.5. The third kappa shape index (κ3) is 4.70. The van der Waals surface area contributed by atoms with Crippen molar-refractivity contribution in [3.8, 4) is 0 Å². The Kier molecular flexibility index (Phi) is 5.93. The average Bonchev–Trinajstić information content (AvgIpc) is 2.38. The molecule has 0 spiro atoms. The summed E-state index contributed by atoms with van der Waals surface area (Å²) in [4.78, 5) is 24.9. The Hall–Kier alpha value is -1.14. The first-order valence-electron chi connectivity index (χ1n) is 6.13. The minimum absolute atomic E-state index is 0.0612. The summed E-state index contributed by atoms with van der Waals surface area (Å²) in [6.07, 6.45) is 0.429. The third-order valence-electron chi connectivity index (χ3n) is 2.69. The average molecular weight is 241 g/mol. The van der Waals surface area contributed by atoms with Crippen LogP contribution in [0.2, 0.25) is 0 Å². The van der Waals surface area contributed by atoms with Crippen LogP contribution in [0.3, 0.4) is 0 Å². The molecule has 0 aliphatic carbocycles. The van der Waals surface area contributed by atoms with Crippen LogP contribution < -0.4 is 16.0 Å². The highest BCUT2D eigenvalue weighted by Crippen LogP contribution is 1.98. The van der Waals surface area contributed by atoms with Crippen molar-refractivity contribution < 1.29 is 9.59 Å². The summed E-state index contributed by atoms with van der Waals surface area (Å²) >= 11 is 0. The number of nitrogens with one attached hydrogen (secondary N) is 2. The molecule has 0 atom stereocenters. The molecular weight excluding hydrogens is 220 g/mol. The van der Waals surface area contributed by atoms with E-state index in [1.807, 2.05) is 4.90 Å². The van der Waals surface area contributed by atoms with E-state index in [4.69, 9.17) is 0 Å². The molecule has 0 aromatic heterocycles. The molecule has 1 rings (SSSR count). The lowest BCUT2D eigenvalue weighted by Gasteiger charge is -2.34. The van der Waals surface area contributed by atoms with Gasteiger partial charge in [0.05, 0.1) is 0 Å². The molecule has 1 saturated heterocycles. The largest absolute Gasteiger partial charge is 0.323 e. The van der Waals surface area contributed by atoms with Gasteiger partial charge in [-0.15, -0.1) is 0 Å². The first-order valence-corrected chi connectivity index (χ1v) is 6.13. The molecule has 1 aliphatic heterocycles. The summed E-state index contributed by atoms with van der Waals surface area (Å²) in [5, 5.41) is 9.87. The van der Waals surface area contributed by atoms with Crippen LogP contribution in [0.15, 0.2) is 0 Å². The highest BCUT2D eigenvalue weighted by molar-refractivity contribution is 5.78. The lowest BCUT2D eigenvalue weighted by Crippen LogP contribution is -2.61. The van der Waals surface area contributed by atoms with Crippen molar-refractivity contribution in [1.82, 2.24) is 20.9 Å². The van der Waals surface area contributed by atoms with Crippen LogP contribution in [0.4, 0.5) is 0 Å². The second-order valence-corrected chi connectivity index (χ2v) is 3.95. The minimum Gasteiger partial charge on any atom is -0.323 e. The van der Waals surface area contributed by atoms with E-state index < -0.39 is 6.29 Å². The van der Waals surface area contributed by atoms with Gasteiger partial charge in [-0.3, -0.25) is 14.5 Å². The predicted octanol–water partition coefficient (Wildman–Crippen LogP) is -0.758. The maximum absolute atomic E-state index is 11.4. The Morgan fingerprint density at radius 2 is 1.59 bits per heavy atom. The van der Waals surface area contributed by atoms with Crippen molar-refractivity contribution in [2.75, 3.05) is 26.2 Å². The zero-order valence-corrected chi connectivity index (χ0v) is 10.5. The number of nitrogens with zero attached hydrogens (tertiary/aromatic N) is 2. The normalized spacial score (nSPS) is 16.9. The van der Waals surface area contributed by atoms with E-state index in [9.17, 15) is 9.59 Å². The minimum atomic E-state index is -0.398. The lowest BCUT2D eigenvalue weighted by atomic mass is 10.3. The fraction of sp³-hybridized carbons (Fsp3) is 0.818. The molecule has 6 nitrogen and oxygen atoms in total. The summed E-state index contributed by atoms with van der Waals surface area (Å²) in [7, 11) is 0. The second-order valence-electron chi connectivity index (χ2n) is 3.95. The Bertz CT molecular complexity index is 246. The summed E-state index contributed by atoms with van der Waals surface area (Å²) < 4.78 is 0. The van der Waals surface area contributed by atoms with Gasteiger partial charge in [0.25, 0.3) is 0 Å². The molecule has 2 amide bonds. The van der Waals surface area contributed by atoms with Gasteiger partial charge in [0.2, 0.25) is 11.8 Å². The Labute approximate surface area is 102 Å². The Morgan fingerprint density at radius 3 is 2.00 bits per heavy atom. The molecule has 2 N–H and O–H groups in total. The van der Waals surface area contributed by atoms with Crippen LogP contribution >= 0.6 is 0 Å². The smallest absolute Gasteiger partial charge is 0.222 e. The van der Waals surface area contributed by atoms with E-state index >= 15 is 0 Å². The SMILES string of the molecule is CCC(=O)NC(NC(=O)CC)N1CC[N]CC1. The third-order valence-corrected chi connectivity index (χ3v) is 2.69. The van der Waals surface area contributed by atoms with Gasteiger partial charge in [0.1, 0.15) is 0 Å².